The summed E-state index contributed by atoms with van der Waals surface area (Å²) >= 11 is 0. The maximum absolute atomic E-state index is 13.6. The Hall–Kier alpha value is -2.90. The van der Waals surface area contributed by atoms with Crippen molar-refractivity contribution in [2.24, 2.45) is 0 Å². The van der Waals surface area contributed by atoms with E-state index >= 15 is 0 Å². The second-order valence-corrected chi connectivity index (χ2v) is 9.11. The molecule has 0 spiro atoms. The Bertz CT molecular complexity index is 1320. The van der Waals surface area contributed by atoms with Crippen LogP contribution in [0.1, 0.15) is 5.82 Å². The third kappa shape index (κ3) is 2.97. The van der Waals surface area contributed by atoms with Crippen molar-refractivity contribution in [2.45, 2.75) is 11.8 Å². The number of hydrogen-bond acceptors (Lipinski definition) is 5. The minimum absolute atomic E-state index is 0.270. The molecule has 7 heteroatoms. The zero-order valence-corrected chi connectivity index (χ0v) is 17.0. The number of imidazole rings is 1. The first-order chi connectivity index (χ1) is 14.1. The SMILES string of the molecule is Cc1nc2c(N3CCNCC3)cccc2n1S(=O)(=O)c1ccc2ccccc2c1. The summed E-state index contributed by atoms with van der Waals surface area (Å²) in [6.07, 6.45) is 0. The van der Waals surface area contributed by atoms with E-state index in [-0.39, 0.29) is 4.90 Å². The molecule has 0 unspecified atom stereocenters. The Morgan fingerprint density at radius 3 is 2.48 bits per heavy atom. The molecular weight excluding hydrogens is 384 g/mol. The van der Waals surface area contributed by atoms with Crippen molar-refractivity contribution in [3.63, 3.8) is 0 Å². The first kappa shape index (κ1) is 18.1. The Labute approximate surface area is 169 Å². The van der Waals surface area contributed by atoms with E-state index in [0.29, 0.717) is 11.3 Å². The van der Waals surface area contributed by atoms with Crippen LogP contribution in [0, 0.1) is 6.92 Å². The molecule has 3 aromatic carbocycles. The van der Waals surface area contributed by atoms with Gasteiger partial charge in [-0.2, -0.15) is 0 Å². The molecule has 0 amide bonds. The van der Waals surface area contributed by atoms with Crippen molar-refractivity contribution < 1.29 is 8.42 Å². The second-order valence-electron chi connectivity index (χ2n) is 7.32. The van der Waals surface area contributed by atoms with Crippen molar-refractivity contribution in [1.29, 1.82) is 0 Å². The normalized spacial score (nSPS) is 15.3. The summed E-state index contributed by atoms with van der Waals surface area (Å²) in [4.78, 5) is 7.20. The highest BCUT2D eigenvalue weighted by Crippen LogP contribution is 2.31. The number of nitrogens with zero attached hydrogens (tertiary/aromatic N) is 3. The van der Waals surface area contributed by atoms with Crippen LogP contribution in [0.15, 0.2) is 65.6 Å². The third-order valence-corrected chi connectivity index (χ3v) is 7.29. The van der Waals surface area contributed by atoms with E-state index in [9.17, 15) is 8.42 Å². The van der Waals surface area contributed by atoms with Crippen LogP contribution in [0.5, 0.6) is 0 Å². The van der Waals surface area contributed by atoms with E-state index in [1.54, 1.807) is 19.1 Å². The van der Waals surface area contributed by atoms with Gasteiger partial charge in [-0.05, 0) is 42.0 Å². The predicted octanol–water partition coefficient (Wildman–Crippen LogP) is 3.14. The number of benzene rings is 3. The molecule has 1 saturated heterocycles. The van der Waals surface area contributed by atoms with Crippen molar-refractivity contribution >= 4 is 37.5 Å². The molecule has 1 aromatic heterocycles. The zero-order valence-electron chi connectivity index (χ0n) is 16.2. The van der Waals surface area contributed by atoms with E-state index in [0.717, 1.165) is 48.2 Å². The van der Waals surface area contributed by atoms with Gasteiger partial charge in [-0.1, -0.05) is 36.4 Å². The predicted molar refractivity (Wildman–Crippen MR) is 116 cm³/mol. The lowest BCUT2D eigenvalue weighted by molar-refractivity contribution is 0.587. The molecule has 1 aliphatic heterocycles. The number of anilines is 1. The van der Waals surface area contributed by atoms with Crippen LogP contribution in [0.3, 0.4) is 0 Å². The minimum Gasteiger partial charge on any atom is -0.367 e. The number of fused-ring (bicyclic) bond motifs is 2. The molecule has 4 aromatic rings. The largest absolute Gasteiger partial charge is 0.367 e. The number of rotatable bonds is 3. The van der Waals surface area contributed by atoms with Crippen LogP contribution in [0.25, 0.3) is 21.8 Å². The van der Waals surface area contributed by atoms with Crippen LogP contribution in [0.4, 0.5) is 5.69 Å². The summed E-state index contributed by atoms with van der Waals surface area (Å²) in [5.74, 6) is 0.468. The number of aromatic nitrogens is 2. The van der Waals surface area contributed by atoms with Crippen LogP contribution < -0.4 is 10.2 Å². The maximum Gasteiger partial charge on any atom is 0.269 e. The first-order valence-corrected chi connectivity index (χ1v) is 11.2. The van der Waals surface area contributed by atoms with E-state index in [2.05, 4.69) is 15.2 Å². The Kier molecular flexibility index (Phi) is 4.29. The number of nitrogens with one attached hydrogen (secondary N) is 1. The number of aryl methyl sites for hydroxylation is 1. The maximum atomic E-state index is 13.6. The molecule has 0 radical (unpaired) electrons. The van der Waals surface area contributed by atoms with Gasteiger partial charge in [0.05, 0.1) is 16.1 Å². The first-order valence-electron chi connectivity index (χ1n) is 9.74. The van der Waals surface area contributed by atoms with E-state index < -0.39 is 10.0 Å². The summed E-state index contributed by atoms with van der Waals surface area (Å²) in [5.41, 5.74) is 2.34. The van der Waals surface area contributed by atoms with Gasteiger partial charge in [0.2, 0.25) is 0 Å². The monoisotopic (exact) mass is 406 g/mol. The quantitative estimate of drug-likeness (QED) is 0.566. The van der Waals surface area contributed by atoms with E-state index in [1.165, 1.54) is 3.97 Å². The standard InChI is InChI=1S/C22H22N4O2S/c1-16-24-22-20(25-13-11-23-12-14-25)7-4-8-21(22)26(16)29(27,28)19-10-9-17-5-2-3-6-18(17)15-19/h2-10,15,23H,11-14H2,1H3. The van der Waals surface area contributed by atoms with E-state index in [1.807, 2.05) is 48.5 Å². The van der Waals surface area contributed by atoms with Gasteiger partial charge in [0.1, 0.15) is 11.3 Å². The number of hydrogen-bond donors (Lipinski definition) is 1. The summed E-state index contributed by atoms with van der Waals surface area (Å²) in [6, 6.07) is 18.8. The van der Waals surface area contributed by atoms with Gasteiger partial charge in [-0.25, -0.2) is 17.4 Å². The fourth-order valence-electron chi connectivity index (χ4n) is 4.08. The van der Waals surface area contributed by atoms with Crippen LogP contribution in [0.2, 0.25) is 0 Å². The van der Waals surface area contributed by atoms with Crippen molar-refractivity contribution in [3.8, 4) is 0 Å². The summed E-state index contributed by atoms with van der Waals surface area (Å²) in [7, 11) is -3.77. The third-order valence-electron chi connectivity index (χ3n) is 5.50. The summed E-state index contributed by atoms with van der Waals surface area (Å²) in [6.45, 7) is 5.32. The van der Waals surface area contributed by atoms with Gasteiger partial charge in [0.15, 0.2) is 0 Å². The smallest absolute Gasteiger partial charge is 0.269 e. The second kappa shape index (κ2) is 6.86. The highest BCUT2D eigenvalue weighted by atomic mass is 32.2. The van der Waals surface area contributed by atoms with Gasteiger partial charge in [0.25, 0.3) is 10.0 Å². The lowest BCUT2D eigenvalue weighted by Gasteiger charge is -2.29. The molecule has 6 nitrogen and oxygen atoms in total. The van der Waals surface area contributed by atoms with Crippen LogP contribution in [-0.2, 0) is 10.0 Å². The molecule has 1 fully saturated rings. The number of piperazine rings is 1. The van der Waals surface area contributed by atoms with Crippen molar-refractivity contribution in [3.05, 3.63) is 66.5 Å². The Morgan fingerprint density at radius 1 is 0.931 bits per heavy atom. The topological polar surface area (TPSA) is 67.2 Å². The van der Waals surface area contributed by atoms with Crippen LogP contribution >= 0.6 is 0 Å². The molecule has 1 N–H and O–H groups in total. The molecule has 0 aliphatic carbocycles. The molecule has 5 rings (SSSR count). The van der Waals surface area contributed by atoms with Crippen molar-refractivity contribution in [1.82, 2.24) is 14.3 Å². The zero-order chi connectivity index (χ0) is 20.0. The molecule has 1 aliphatic rings. The average Bonchev–Trinajstić information content (AvgIpc) is 3.10. The molecule has 0 atom stereocenters. The summed E-state index contributed by atoms with van der Waals surface area (Å²) < 4.78 is 28.5. The van der Waals surface area contributed by atoms with E-state index in [4.69, 9.17) is 0 Å². The molecule has 148 valence electrons. The Balaban J connectivity index is 1.68. The fourth-order valence-corrected chi connectivity index (χ4v) is 5.60. The van der Waals surface area contributed by atoms with Gasteiger partial charge >= 0.3 is 0 Å². The number of para-hydroxylation sites is 1. The molecular formula is C22H22N4O2S. The molecule has 2 heterocycles. The average molecular weight is 407 g/mol. The lowest BCUT2D eigenvalue weighted by Crippen LogP contribution is -2.43. The lowest BCUT2D eigenvalue weighted by atomic mass is 10.1. The highest BCUT2D eigenvalue weighted by Gasteiger charge is 2.25. The minimum atomic E-state index is -3.77. The van der Waals surface area contributed by atoms with Gasteiger partial charge in [-0.3, -0.25) is 0 Å². The van der Waals surface area contributed by atoms with Gasteiger partial charge in [0, 0.05) is 26.2 Å². The van der Waals surface area contributed by atoms with Crippen LogP contribution in [-0.4, -0.2) is 43.6 Å². The van der Waals surface area contributed by atoms with Gasteiger partial charge in [-0.15, -0.1) is 0 Å². The molecule has 0 bridgehead atoms. The van der Waals surface area contributed by atoms with Gasteiger partial charge < -0.3 is 10.2 Å². The highest BCUT2D eigenvalue weighted by molar-refractivity contribution is 7.90. The summed E-state index contributed by atoms with van der Waals surface area (Å²) in [5, 5.41) is 5.26. The Morgan fingerprint density at radius 2 is 1.69 bits per heavy atom. The van der Waals surface area contributed by atoms with Crippen molar-refractivity contribution in [2.75, 3.05) is 31.1 Å². The molecule has 0 saturated carbocycles. The fraction of sp³-hybridized carbons (Fsp3) is 0.227. The molecule has 29 heavy (non-hydrogen) atoms.